The zero-order chi connectivity index (χ0) is 46.3. The van der Waals surface area contributed by atoms with Crippen LogP contribution in [0, 0.1) is 0 Å². The van der Waals surface area contributed by atoms with Crippen LogP contribution in [0.1, 0.15) is 135 Å². The number of nitrogens with zero attached hydrogens (tertiary/aromatic N) is 2. The van der Waals surface area contributed by atoms with Gasteiger partial charge in [0.2, 0.25) is 41.4 Å². The summed E-state index contributed by atoms with van der Waals surface area (Å²) in [5.74, 6) is -9.02. The zero-order valence-corrected chi connectivity index (χ0v) is 36.1. The molecule has 1 heterocycles. The molecule has 7 amide bonds. The number of allylic oxidation sites excluding steroid dienone is 2. The van der Waals surface area contributed by atoms with Crippen molar-refractivity contribution < 1.29 is 53.4 Å². The smallest absolute Gasteiger partial charge is 0.326 e. The number of guanidine groups is 1. The molecule has 13 N–H and O–H groups in total. The molecule has 350 valence electrons. The van der Waals surface area contributed by atoms with Gasteiger partial charge < -0.3 is 58.9 Å². The Kier molecular flexibility index (Phi) is 28.0. The van der Waals surface area contributed by atoms with Gasteiger partial charge in [-0.15, -0.1) is 0 Å². The maximum absolute atomic E-state index is 13.2. The molecule has 0 saturated carbocycles. The number of unbranched alkanes of at least 4 members (excludes halogenated alkanes) is 11. The van der Waals surface area contributed by atoms with Crippen molar-refractivity contribution in [3.63, 3.8) is 0 Å². The molecule has 0 aliphatic carbocycles. The van der Waals surface area contributed by atoms with Crippen LogP contribution in [0.4, 0.5) is 0 Å². The van der Waals surface area contributed by atoms with Gasteiger partial charge in [-0.05, 0) is 57.8 Å². The maximum atomic E-state index is 13.2. The lowest BCUT2D eigenvalue weighted by Crippen LogP contribution is -2.57. The summed E-state index contributed by atoms with van der Waals surface area (Å²) in [6.45, 7) is 1.15. The molecule has 0 aromatic rings. The predicted octanol–water partition coefficient (Wildman–Crippen LogP) is 0.190. The van der Waals surface area contributed by atoms with E-state index in [4.69, 9.17) is 17.2 Å². The summed E-state index contributed by atoms with van der Waals surface area (Å²) in [5, 5.41) is 30.6. The SMILES string of the molecule is CCCCCCCC/C=C\CCCCCCCC(=O)NCC(=O)N[C@H](CCCN=C(N)N)C(=O)NCC(=O)NC(CC(=O)O)C(=O)N[C@H](CC(N)=O)C(=O)N1CCC[C@H]1C(=O)O. The Hall–Kier alpha value is -5.76. The molecule has 1 aliphatic rings. The first-order valence-electron chi connectivity index (χ1n) is 21.7. The van der Waals surface area contributed by atoms with Crippen LogP contribution in [0.25, 0.3) is 0 Å². The minimum atomic E-state index is -1.81. The van der Waals surface area contributed by atoms with E-state index in [0.717, 1.165) is 43.4 Å². The number of aliphatic imine (C=N–C) groups is 1. The number of carboxylic acid groups (broad SMARTS) is 2. The van der Waals surface area contributed by atoms with Gasteiger partial charge in [-0.1, -0.05) is 70.4 Å². The molecule has 1 aliphatic heterocycles. The number of aliphatic carboxylic acids is 2. The second kappa shape index (κ2) is 32.0. The molecule has 21 heteroatoms. The molecule has 62 heavy (non-hydrogen) atoms. The minimum absolute atomic E-state index is 0.0118. The molecular formula is C41H70N10O11. The van der Waals surface area contributed by atoms with E-state index in [1.54, 1.807) is 0 Å². The number of hydrogen-bond donors (Lipinski definition) is 10. The van der Waals surface area contributed by atoms with Crippen molar-refractivity contribution in [2.24, 2.45) is 22.2 Å². The monoisotopic (exact) mass is 879 g/mol. The van der Waals surface area contributed by atoms with Crippen LogP contribution in [-0.4, -0.2) is 125 Å². The van der Waals surface area contributed by atoms with Crippen molar-refractivity contribution in [2.75, 3.05) is 26.2 Å². The molecule has 1 fully saturated rings. The largest absolute Gasteiger partial charge is 0.481 e. The van der Waals surface area contributed by atoms with Crippen molar-refractivity contribution in [1.29, 1.82) is 0 Å². The number of carbonyl (C=O) groups excluding carboxylic acids is 7. The normalized spacial score (nSPS) is 14.9. The lowest BCUT2D eigenvalue weighted by atomic mass is 10.1. The molecule has 0 spiro atoms. The van der Waals surface area contributed by atoms with Gasteiger partial charge in [-0.3, -0.25) is 43.3 Å². The summed E-state index contributed by atoms with van der Waals surface area (Å²) >= 11 is 0. The summed E-state index contributed by atoms with van der Waals surface area (Å²) in [5.41, 5.74) is 16.0. The lowest BCUT2D eigenvalue weighted by Gasteiger charge is -2.28. The van der Waals surface area contributed by atoms with E-state index in [1.807, 2.05) is 0 Å². The van der Waals surface area contributed by atoms with Crippen LogP contribution in [0.3, 0.4) is 0 Å². The third-order valence-electron chi connectivity index (χ3n) is 10.0. The van der Waals surface area contributed by atoms with E-state index < -0.39 is 97.5 Å². The fourth-order valence-corrected chi connectivity index (χ4v) is 6.72. The molecule has 1 rings (SSSR count). The van der Waals surface area contributed by atoms with Gasteiger partial charge in [0.1, 0.15) is 24.2 Å². The van der Waals surface area contributed by atoms with E-state index >= 15 is 0 Å². The van der Waals surface area contributed by atoms with Crippen molar-refractivity contribution in [3.05, 3.63) is 12.2 Å². The molecule has 21 nitrogen and oxygen atoms in total. The van der Waals surface area contributed by atoms with E-state index in [9.17, 15) is 53.4 Å². The quantitative estimate of drug-likeness (QED) is 0.0179. The number of amides is 7. The number of rotatable bonds is 34. The van der Waals surface area contributed by atoms with Crippen LogP contribution >= 0.6 is 0 Å². The van der Waals surface area contributed by atoms with E-state index in [2.05, 4.69) is 50.7 Å². The highest BCUT2D eigenvalue weighted by Crippen LogP contribution is 2.19. The lowest BCUT2D eigenvalue weighted by molar-refractivity contribution is -0.150. The molecule has 0 bridgehead atoms. The Morgan fingerprint density at radius 3 is 1.84 bits per heavy atom. The minimum Gasteiger partial charge on any atom is -0.481 e. The van der Waals surface area contributed by atoms with Crippen molar-refractivity contribution >= 4 is 59.2 Å². The predicted molar refractivity (Wildman–Crippen MR) is 230 cm³/mol. The van der Waals surface area contributed by atoms with Crippen LogP contribution in [0.15, 0.2) is 17.1 Å². The standard InChI is InChI=1S/C41H70N10O11/c1-2-3-4-5-6-7-8-9-10-11-12-13-14-15-16-21-33(53)46-26-34(54)48-28(19-17-22-45-41(43)44)37(58)47-27-35(55)49-29(25-36(56)57)38(59)50-30(24-32(42)52)39(60)51-23-18-20-31(51)40(61)62/h9-10,28-31H,2-8,11-27H2,1H3,(H2,42,52)(H,46,53)(H,47,58)(H,48,54)(H,49,55)(H,50,59)(H,56,57)(H,61,62)(H4,43,44,45)/b10-9-/t28-,29?,30-,31+/m1/s1. The van der Waals surface area contributed by atoms with Crippen molar-refractivity contribution in [2.45, 2.75) is 160 Å². The number of likely N-dealkylation sites (tertiary alicyclic amines) is 1. The Morgan fingerprint density at radius 2 is 1.26 bits per heavy atom. The number of carboxylic acids is 2. The fourth-order valence-electron chi connectivity index (χ4n) is 6.72. The maximum Gasteiger partial charge on any atom is 0.326 e. The summed E-state index contributed by atoms with van der Waals surface area (Å²) in [4.78, 5) is 117. The zero-order valence-electron chi connectivity index (χ0n) is 36.1. The Balaban J connectivity index is 2.66. The molecule has 4 atom stereocenters. The molecule has 0 aromatic heterocycles. The van der Waals surface area contributed by atoms with Gasteiger partial charge in [0.05, 0.1) is 25.9 Å². The first-order valence-corrected chi connectivity index (χ1v) is 21.7. The molecular weight excluding hydrogens is 809 g/mol. The van der Waals surface area contributed by atoms with Crippen LogP contribution in [-0.2, 0) is 43.2 Å². The highest BCUT2D eigenvalue weighted by molar-refractivity contribution is 5.98. The molecule has 1 saturated heterocycles. The summed E-state index contributed by atoms with van der Waals surface area (Å²) in [6.07, 6.45) is 18.3. The number of nitrogens with two attached hydrogens (primary N) is 3. The number of primary amides is 1. The molecule has 0 radical (unpaired) electrons. The van der Waals surface area contributed by atoms with Crippen LogP contribution in [0.2, 0.25) is 0 Å². The van der Waals surface area contributed by atoms with Gasteiger partial charge in [0.25, 0.3) is 0 Å². The second-order valence-electron chi connectivity index (χ2n) is 15.4. The summed E-state index contributed by atoms with van der Waals surface area (Å²) in [7, 11) is 0. The highest BCUT2D eigenvalue weighted by Gasteiger charge is 2.39. The number of nitrogens with one attached hydrogen (secondary N) is 5. The molecule has 0 aromatic carbocycles. The average Bonchev–Trinajstić information content (AvgIpc) is 3.71. The van der Waals surface area contributed by atoms with Gasteiger partial charge in [-0.25, -0.2) is 4.79 Å². The molecule has 1 unspecified atom stereocenters. The summed E-state index contributed by atoms with van der Waals surface area (Å²) < 4.78 is 0. The van der Waals surface area contributed by atoms with E-state index in [-0.39, 0.29) is 50.6 Å². The van der Waals surface area contributed by atoms with Gasteiger partial charge >= 0.3 is 11.9 Å². The average molecular weight is 879 g/mol. The number of carbonyl (C=O) groups is 9. The third kappa shape index (κ3) is 25.1. The van der Waals surface area contributed by atoms with Gasteiger partial charge in [0, 0.05) is 19.5 Å². The van der Waals surface area contributed by atoms with Crippen molar-refractivity contribution in [3.8, 4) is 0 Å². The first kappa shape index (κ1) is 54.3. The van der Waals surface area contributed by atoms with Gasteiger partial charge in [-0.2, -0.15) is 0 Å². The number of hydrogen-bond acceptors (Lipinski definition) is 10. The van der Waals surface area contributed by atoms with Crippen molar-refractivity contribution in [1.82, 2.24) is 31.5 Å². The Bertz CT molecular complexity index is 1540. The third-order valence-corrected chi connectivity index (χ3v) is 10.0. The fraction of sp³-hybridized carbons (Fsp3) is 0.707. The van der Waals surface area contributed by atoms with E-state index in [0.29, 0.717) is 12.8 Å². The highest BCUT2D eigenvalue weighted by atomic mass is 16.4. The topological polar surface area (TPSA) is 348 Å². The van der Waals surface area contributed by atoms with Crippen LogP contribution in [0.5, 0.6) is 0 Å². The second-order valence-corrected chi connectivity index (χ2v) is 15.4. The summed E-state index contributed by atoms with van der Waals surface area (Å²) in [6, 6.07) is -5.89. The Morgan fingerprint density at radius 1 is 0.677 bits per heavy atom. The Labute approximate surface area is 363 Å². The van der Waals surface area contributed by atoms with Crippen LogP contribution < -0.4 is 43.8 Å². The van der Waals surface area contributed by atoms with E-state index in [1.165, 1.54) is 38.5 Å². The van der Waals surface area contributed by atoms with Gasteiger partial charge in [0.15, 0.2) is 5.96 Å². The first-order chi connectivity index (χ1) is 29.5.